The van der Waals surface area contributed by atoms with E-state index in [-0.39, 0.29) is 18.5 Å². The summed E-state index contributed by atoms with van der Waals surface area (Å²) in [4.78, 5) is 22.8. The highest BCUT2D eigenvalue weighted by Crippen LogP contribution is 2.29. The van der Waals surface area contributed by atoms with Crippen molar-refractivity contribution < 1.29 is 22.7 Å². The molecule has 1 aliphatic heterocycles. The number of carbonyl (C=O) groups is 1. The van der Waals surface area contributed by atoms with Crippen LogP contribution in [0.3, 0.4) is 0 Å². The number of nitrogens with zero attached hydrogens (tertiary/aromatic N) is 3. The van der Waals surface area contributed by atoms with Gasteiger partial charge in [-0.25, -0.2) is 4.98 Å². The molecule has 9 heteroatoms. The number of amides is 1. The molecule has 1 unspecified atom stereocenters. The summed E-state index contributed by atoms with van der Waals surface area (Å²) in [6, 6.07) is 7.89. The van der Waals surface area contributed by atoms with E-state index in [2.05, 4.69) is 9.97 Å². The number of rotatable bonds is 5. The molecule has 0 bridgehead atoms. The number of likely N-dealkylation sites (tertiary alicyclic amines) is 1. The molecular weight excluding hydrogens is 391 g/mol. The van der Waals surface area contributed by atoms with Crippen LogP contribution in [-0.4, -0.2) is 45.7 Å². The smallest absolute Gasteiger partial charge is 0.433 e. The fourth-order valence-electron chi connectivity index (χ4n) is 3.02. The van der Waals surface area contributed by atoms with Gasteiger partial charge in [-0.05, 0) is 36.8 Å². The van der Waals surface area contributed by atoms with Crippen molar-refractivity contribution in [1.29, 1.82) is 0 Å². The highest BCUT2D eigenvalue weighted by atomic mass is 32.2. The summed E-state index contributed by atoms with van der Waals surface area (Å²) >= 11 is 1.60. The van der Waals surface area contributed by atoms with E-state index in [0.29, 0.717) is 24.9 Å². The van der Waals surface area contributed by atoms with Crippen LogP contribution < -0.4 is 4.74 Å². The third-order valence-electron chi connectivity index (χ3n) is 4.28. The molecular formula is C19H20F3N3O2S. The summed E-state index contributed by atoms with van der Waals surface area (Å²) in [5.74, 6) is 0.748. The first-order valence-electron chi connectivity index (χ1n) is 8.96. The minimum atomic E-state index is -4.56. The van der Waals surface area contributed by atoms with Crippen LogP contribution in [0, 0.1) is 0 Å². The Hall–Kier alpha value is -2.29. The SMILES string of the molecule is CCSc1ccccc1C(=O)N1CCCC(Oc2nccc(C(F)(F)F)n2)C1. The lowest BCUT2D eigenvalue weighted by Crippen LogP contribution is -2.44. The minimum absolute atomic E-state index is 0.102. The fraction of sp³-hybridized carbons (Fsp3) is 0.421. The van der Waals surface area contributed by atoms with Crippen LogP contribution in [0.2, 0.25) is 0 Å². The second kappa shape index (κ2) is 8.81. The number of piperidine rings is 1. The van der Waals surface area contributed by atoms with Gasteiger partial charge < -0.3 is 9.64 Å². The number of ether oxygens (including phenoxy) is 1. The Kier molecular flexibility index (Phi) is 6.43. The standard InChI is InChI=1S/C19H20F3N3O2S/c1-2-28-15-8-4-3-7-14(15)17(26)25-11-5-6-13(12-25)27-18-23-10-9-16(24-18)19(20,21)22/h3-4,7-10,13H,2,5-6,11-12H2,1H3. The first-order chi connectivity index (χ1) is 13.4. The number of carbonyl (C=O) groups excluding carboxylic acids is 1. The lowest BCUT2D eigenvalue weighted by molar-refractivity contribution is -0.141. The van der Waals surface area contributed by atoms with Crippen molar-refractivity contribution >= 4 is 17.7 Å². The molecule has 150 valence electrons. The number of thioether (sulfide) groups is 1. The lowest BCUT2D eigenvalue weighted by Gasteiger charge is -2.32. The van der Waals surface area contributed by atoms with Gasteiger partial charge in [0.1, 0.15) is 6.10 Å². The van der Waals surface area contributed by atoms with Crippen molar-refractivity contribution in [3.05, 3.63) is 47.8 Å². The fourth-order valence-corrected chi connectivity index (χ4v) is 3.82. The van der Waals surface area contributed by atoms with E-state index in [1.165, 1.54) is 0 Å². The minimum Gasteiger partial charge on any atom is -0.458 e. The van der Waals surface area contributed by atoms with Gasteiger partial charge in [0, 0.05) is 17.6 Å². The van der Waals surface area contributed by atoms with E-state index in [0.717, 1.165) is 22.9 Å². The summed E-state index contributed by atoms with van der Waals surface area (Å²) < 4.78 is 44.0. The van der Waals surface area contributed by atoms with Crippen LogP contribution in [0.15, 0.2) is 41.4 Å². The average Bonchev–Trinajstić information content (AvgIpc) is 2.68. The van der Waals surface area contributed by atoms with E-state index in [1.807, 2.05) is 25.1 Å². The molecule has 28 heavy (non-hydrogen) atoms. The summed E-state index contributed by atoms with van der Waals surface area (Å²) in [6.07, 6.45) is -2.68. The Balaban J connectivity index is 1.70. The Morgan fingerprint density at radius 2 is 2.11 bits per heavy atom. The molecule has 5 nitrogen and oxygen atoms in total. The van der Waals surface area contributed by atoms with Crippen LogP contribution in [0.1, 0.15) is 35.8 Å². The van der Waals surface area contributed by atoms with Crippen molar-refractivity contribution in [1.82, 2.24) is 14.9 Å². The van der Waals surface area contributed by atoms with Crippen molar-refractivity contribution in [2.75, 3.05) is 18.8 Å². The predicted octanol–water partition coefficient (Wildman–Crippen LogP) is 4.29. The van der Waals surface area contributed by atoms with Gasteiger partial charge in [0.2, 0.25) is 0 Å². The zero-order valence-corrected chi connectivity index (χ0v) is 16.1. The third-order valence-corrected chi connectivity index (χ3v) is 5.23. The van der Waals surface area contributed by atoms with Gasteiger partial charge in [-0.1, -0.05) is 19.1 Å². The van der Waals surface area contributed by atoms with Crippen LogP contribution in [0.5, 0.6) is 6.01 Å². The van der Waals surface area contributed by atoms with E-state index in [9.17, 15) is 18.0 Å². The van der Waals surface area contributed by atoms with E-state index >= 15 is 0 Å². The molecule has 1 fully saturated rings. The van der Waals surface area contributed by atoms with E-state index < -0.39 is 18.0 Å². The highest BCUT2D eigenvalue weighted by molar-refractivity contribution is 7.99. The van der Waals surface area contributed by atoms with Crippen molar-refractivity contribution in [3.8, 4) is 6.01 Å². The van der Waals surface area contributed by atoms with Gasteiger partial charge in [0.15, 0.2) is 5.69 Å². The number of halogens is 3. The molecule has 1 aromatic carbocycles. The summed E-state index contributed by atoms with van der Waals surface area (Å²) in [7, 11) is 0. The van der Waals surface area contributed by atoms with Crippen LogP contribution in [0.4, 0.5) is 13.2 Å². The predicted molar refractivity (Wildman–Crippen MR) is 99.4 cm³/mol. The molecule has 1 saturated heterocycles. The van der Waals surface area contributed by atoms with Gasteiger partial charge in [-0.15, -0.1) is 11.8 Å². The molecule has 1 aliphatic rings. The normalized spacial score (nSPS) is 17.4. The molecule has 0 N–H and O–H groups in total. The number of alkyl halides is 3. The first kappa shape index (κ1) is 20.4. The number of hydrogen-bond acceptors (Lipinski definition) is 5. The number of aromatic nitrogens is 2. The molecule has 1 amide bonds. The Morgan fingerprint density at radius 3 is 2.86 bits per heavy atom. The van der Waals surface area contributed by atoms with Gasteiger partial charge in [-0.2, -0.15) is 18.2 Å². The lowest BCUT2D eigenvalue weighted by atomic mass is 10.1. The summed E-state index contributed by atoms with van der Waals surface area (Å²) in [5, 5.41) is 0. The zero-order chi connectivity index (χ0) is 20.1. The highest BCUT2D eigenvalue weighted by Gasteiger charge is 2.33. The monoisotopic (exact) mass is 411 g/mol. The molecule has 1 atom stereocenters. The zero-order valence-electron chi connectivity index (χ0n) is 15.3. The maximum atomic E-state index is 13.0. The van der Waals surface area contributed by atoms with Gasteiger partial charge >= 0.3 is 12.2 Å². The van der Waals surface area contributed by atoms with Crippen LogP contribution in [-0.2, 0) is 6.18 Å². The van der Waals surface area contributed by atoms with Crippen molar-refractivity contribution in [2.45, 2.75) is 36.9 Å². The molecule has 2 heterocycles. The van der Waals surface area contributed by atoms with Crippen molar-refractivity contribution in [2.24, 2.45) is 0 Å². The van der Waals surface area contributed by atoms with Gasteiger partial charge in [0.05, 0.1) is 12.1 Å². The largest absolute Gasteiger partial charge is 0.458 e. The van der Waals surface area contributed by atoms with Gasteiger partial charge in [0.25, 0.3) is 5.91 Å². The third kappa shape index (κ3) is 4.95. The Morgan fingerprint density at radius 1 is 1.32 bits per heavy atom. The van der Waals surface area contributed by atoms with Crippen LogP contribution in [0.25, 0.3) is 0 Å². The average molecular weight is 411 g/mol. The van der Waals surface area contributed by atoms with E-state index in [4.69, 9.17) is 4.74 Å². The molecule has 0 saturated carbocycles. The molecule has 3 rings (SSSR count). The molecule has 1 aromatic heterocycles. The second-order valence-corrected chi connectivity index (χ2v) is 7.59. The summed E-state index contributed by atoms with van der Waals surface area (Å²) in [6.45, 7) is 2.88. The number of hydrogen-bond donors (Lipinski definition) is 0. The maximum absolute atomic E-state index is 13.0. The summed E-state index contributed by atoms with van der Waals surface area (Å²) in [5.41, 5.74) is -0.419. The first-order valence-corrected chi connectivity index (χ1v) is 9.95. The molecule has 2 aromatic rings. The van der Waals surface area contributed by atoms with E-state index in [1.54, 1.807) is 22.7 Å². The van der Waals surface area contributed by atoms with Gasteiger partial charge in [-0.3, -0.25) is 4.79 Å². The Bertz CT molecular complexity index is 832. The Labute approximate surface area is 165 Å². The van der Waals surface area contributed by atoms with Crippen molar-refractivity contribution in [3.63, 3.8) is 0 Å². The second-order valence-electron chi connectivity index (χ2n) is 6.28. The quantitative estimate of drug-likeness (QED) is 0.687. The van der Waals surface area contributed by atoms with Crippen LogP contribution >= 0.6 is 11.8 Å². The molecule has 0 spiro atoms. The maximum Gasteiger partial charge on any atom is 0.433 e. The number of benzene rings is 1. The molecule has 0 aliphatic carbocycles. The molecule has 0 radical (unpaired) electrons. The topological polar surface area (TPSA) is 55.3 Å².